The molecule has 1 atom stereocenters. The van der Waals surface area contributed by atoms with E-state index in [1.807, 2.05) is 19.1 Å². The van der Waals surface area contributed by atoms with Crippen molar-refractivity contribution in [1.82, 2.24) is 5.32 Å². The number of anilines is 1. The highest BCUT2D eigenvalue weighted by atomic mass is 16.5. The fourth-order valence-corrected chi connectivity index (χ4v) is 3.86. The summed E-state index contributed by atoms with van der Waals surface area (Å²) in [5.41, 5.74) is 8.26. The number of nitrogens with two attached hydrogens (primary N) is 1. The zero-order chi connectivity index (χ0) is 21.5. The Morgan fingerprint density at radius 1 is 1.23 bits per heavy atom. The number of aliphatic carboxylic acids is 1. The molecule has 0 saturated heterocycles. The molecule has 3 rings (SSSR count). The Bertz CT molecular complexity index is 877. The highest BCUT2D eigenvalue weighted by Gasteiger charge is 2.25. The lowest BCUT2D eigenvalue weighted by molar-refractivity contribution is -0.138. The molecule has 1 unspecified atom stereocenters. The molecule has 2 aromatic carbocycles. The summed E-state index contributed by atoms with van der Waals surface area (Å²) in [5.74, 6) is -0.407. The number of nitrogens with one attached hydrogen (secondary N) is 3. The van der Waals surface area contributed by atoms with Crippen molar-refractivity contribution in [3.8, 4) is 5.75 Å². The summed E-state index contributed by atoms with van der Waals surface area (Å²) in [6.45, 7) is 3.00. The predicted octanol–water partition coefficient (Wildman–Crippen LogP) is 3.64. The number of hydrogen-bond acceptors (Lipinski definition) is 5. The molecule has 0 heterocycles. The van der Waals surface area contributed by atoms with Gasteiger partial charge >= 0.3 is 5.97 Å². The molecule has 0 aliphatic heterocycles. The lowest BCUT2D eigenvalue weighted by Crippen LogP contribution is -2.26. The van der Waals surface area contributed by atoms with Crippen LogP contribution in [0, 0.1) is 5.41 Å². The Morgan fingerprint density at radius 2 is 1.93 bits per heavy atom. The van der Waals surface area contributed by atoms with Gasteiger partial charge in [0.15, 0.2) is 6.04 Å². The van der Waals surface area contributed by atoms with Crippen LogP contribution in [0.15, 0.2) is 42.5 Å². The molecule has 0 radical (unpaired) electrons. The quantitative estimate of drug-likeness (QED) is 0.301. The van der Waals surface area contributed by atoms with Crippen molar-refractivity contribution in [1.29, 1.82) is 5.41 Å². The number of hydrogen-bond donors (Lipinski definition) is 5. The molecule has 1 aliphatic rings. The summed E-state index contributed by atoms with van der Waals surface area (Å²) in [4.78, 5) is 12.1. The van der Waals surface area contributed by atoms with Gasteiger partial charge in [0.25, 0.3) is 0 Å². The van der Waals surface area contributed by atoms with Crippen LogP contribution in [-0.2, 0) is 11.3 Å². The molecule has 1 saturated carbocycles. The monoisotopic (exact) mass is 410 g/mol. The van der Waals surface area contributed by atoms with Crippen molar-refractivity contribution in [2.45, 2.75) is 51.2 Å². The number of ether oxygens (including phenoxy) is 1. The Kier molecular flexibility index (Phi) is 7.30. The normalized spacial score (nSPS) is 15.0. The van der Waals surface area contributed by atoms with Crippen LogP contribution in [0.5, 0.6) is 5.75 Å². The minimum absolute atomic E-state index is 0.0302. The number of rotatable bonds is 10. The molecule has 6 N–H and O–H groups in total. The molecule has 1 aliphatic carbocycles. The Balaban J connectivity index is 1.85. The third-order valence-electron chi connectivity index (χ3n) is 5.42. The van der Waals surface area contributed by atoms with E-state index < -0.39 is 12.0 Å². The van der Waals surface area contributed by atoms with Crippen LogP contribution in [0.25, 0.3) is 0 Å². The number of carboxylic acids is 1. The van der Waals surface area contributed by atoms with Crippen LogP contribution in [0.1, 0.15) is 55.3 Å². The minimum Gasteiger partial charge on any atom is -0.493 e. The van der Waals surface area contributed by atoms with E-state index in [0.717, 1.165) is 5.56 Å². The molecule has 7 nitrogen and oxygen atoms in total. The second kappa shape index (κ2) is 10.1. The second-order valence-electron chi connectivity index (χ2n) is 7.54. The Hall–Kier alpha value is -3.06. The zero-order valence-electron chi connectivity index (χ0n) is 17.3. The Labute approximate surface area is 177 Å². The van der Waals surface area contributed by atoms with E-state index in [4.69, 9.17) is 15.9 Å². The number of para-hydroxylation sites is 1. The van der Waals surface area contributed by atoms with Gasteiger partial charge in [-0.2, -0.15) is 0 Å². The summed E-state index contributed by atoms with van der Waals surface area (Å²) in [5, 5.41) is 24.1. The standard InChI is InChI=1S/C23H30N4O3/c1-2-30-21-16(14-26-17-7-3-4-8-17)6-5-9-19(21)20(23(28)29)27-18-12-10-15(11-13-18)22(24)25/h5-6,9-13,17,20,26-27H,2-4,7-8,14H2,1H3,(H3,24,25)(H,28,29). The summed E-state index contributed by atoms with van der Waals surface area (Å²) in [6, 6.07) is 12.0. The van der Waals surface area contributed by atoms with Gasteiger partial charge in [-0.25, -0.2) is 4.79 Å². The fourth-order valence-electron chi connectivity index (χ4n) is 3.86. The van der Waals surface area contributed by atoms with Crippen LogP contribution in [0.3, 0.4) is 0 Å². The van der Waals surface area contributed by atoms with Crippen molar-refractivity contribution in [2.75, 3.05) is 11.9 Å². The molecule has 0 aromatic heterocycles. The number of carboxylic acid groups (broad SMARTS) is 1. The van der Waals surface area contributed by atoms with E-state index in [2.05, 4.69) is 10.6 Å². The summed E-state index contributed by atoms with van der Waals surface area (Å²) in [6.07, 6.45) is 4.87. The number of carbonyl (C=O) groups is 1. The van der Waals surface area contributed by atoms with Crippen LogP contribution in [0.4, 0.5) is 5.69 Å². The number of nitrogen functional groups attached to an aromatic ring is 1. The maximum atomic E-state index is 12.1. The lowest BCUT2D eigenvalue weighted by Gasteiger charge is -2.22. The SMILES string of the molecule is CCOc1c(CNC2CCCC2)cccc1C(Nc1ccc(C(=N)N)cc1)C(=O)O. The van der Waals surface area contributed by atoms with Crippen molar-refractivity contribution in [2.24, 2.45) is 5.73 Å². The molecule has 1 fully saturated rings. The first-order valence-corrected chi connectivity index (χ1v) is 10.4. The molecular weight excluding hydrogens is 380 g/mol. The van der Waals surface area contributed by atoms with Crippen molar-refractivity contribution < 1.29 is 14.6 Å². The van der Waals surface area contributed by atoms with E-state index in [-0.39, 0.29) is 5.84 Å². The molecule has 0 bridgehead atoms. The van der Waals surface area contributed by atoms with Gasteiger partial charge in [0.05, 0.1) is 6.61 Å². The van der Waals surface area contributed by atoms with E-state index in [0.29, 0.717) is 41.8 Å². The van der Waals surface area contributed by atoms with Gasteiger partial charge < -0.3 is 26.2 Å². The van der Waals surface area contributed by atoms with Gasteiger partial charge in [0.1, 0.15) is 11.6 Å². The van der Waals surface area contributed by atoms with E-state index >= 15 is 0 Å². The van der Waals surface area contributed by atoms with Gasteiger partial charge in [0, 0.05) is 35.0 Å². The molecule has 0 amide bonds. The average molecular weight is 411 g/mol. The van der Waals surface area contributed by atoms with Crippen LogP contribution < -0.4 is 21.1 Å². The third kappa shape index (κ3) is 5.30. The van der Waals surface area contributed by atoms with Gasteiger partial charge in [-0.05, 0) is 44.0 Å². The van der Waals surface area contributed by atoms with E-state index in [1.54, 1.807) is 30.3 Å². The topological polar surface area (TPSA) is 120 Å². The van der Waals surface area contributed by atoms with Gasteiger partial charge in [-0.15, -0.1) is 0 Å². The molecule has 2 aromatic rings. The van der Waals surface area contributed by atoms with Crippen molar-refractivity contribution >= 4 is 17.5 Å². The largest absolute Gasteiger partial charge is 0.493 e. The smallest absolute Gasteiger partial charge is 0.330 e. The first kappa shape index (κ1) is 21.6. The second-order valence-corrected chi connectivity index (χ2v) is 7.54. The van der Waals surface area contributed by atoms with Crippen LogP contribution in [-0.4, -0.2) is 29.6 Å². The highest BCUT2D eigenvalue weighted by molar-refractivity contribution is 5.95. The third-order valence-corrected chi connectivity index (χ3v) is 5.42. The molecule has 0 spiro atoms. The van der Waals surface area contributed by atoms with Crippen LogP contribution in [0.2, 0.25) is 0 Å². The molecule has 30 heavy (non-hydrogen) atoms. The maximum Gasteiger partial charge on any atom is 0.330 e. The molecule has 160 valence electrons. The summed E-state index contributed by atoms with van der Waals surface area (Å²) in [7, 11) is 0. The van der Waals surface area contributed by atoms with E-state index in [9.17, 15) is 9.90 Å². The summed E-state index contributed by atoms with van der Waals surface area (Å²) >= 11 is 0. The van der Waals surface area contributed by atoms with Crippen molar-refractivity contribution in [3.05, 3.63) is 59.2 Å². The highest BCUT2D eigenvalue weighted by Crippen LogP contribution is 2.32. The zero-order valence-corrected chi connectivity index (χ0v) is 17.3. The first-order valence-electron chi connectivity index (χ1n) is 10.4. The van der Waals surface area contributed by atoms with Crippen LogP contribution >= 0.6 is 0 Å². The van der Waals surface area contributed by atoms with Gasteiger partial charge in [-0.3, -0.25) is 5.41 Å². The molecular formula is C23H30N4O3. The van der Waals surface area contributed by atoms with Crippen molar-refractivity contribution in [3.63, 3.8) is 0 Å². The van der Waals surface area contributed by atoms with E-state index in [1.165, 1.54) is 25.7 Å². The Morgan fingerprint density at radius 3 is 2.53 bits per heavy atom. The maximum absolute atomic E-state index is 12.1. The number of benzene rings is 2. The lowest BCUT2D eigenvalue weighted by atomic mass is 10.0. The summed E-state index contributed by atoms with van der Waals surface area (Å²) < 4.78 is 5.91. The number of amidine groups is 1. The minimum atomic E-state index is -0.993. The van der Waals surface area contributed by atoms with Gasteiger partial charge in [0.2, 0.25) is 0 Å². The predicted molar refractivity (Wildman–Crippen MR) is 118 cm³/mol. The van der Waals surface area contributed by atoms with Gasteiger partial charge in [-0.1, -0.05) is 31.0 Å². The average Bonchev–Trinajstić information content (AvgIpc) is 3.25. The fraction of sp³-hybridized carbons (Fsp3) is 0.391. The first-order chi connectivity index (χ1) is 14.5. The molecule has 7 heteroatoms.